The maximum atomic E-state index is 12.9. The molecule has 2 fully saturated rings. The van der Waals surface area contributed by atoms with Gasteiger partial charge in [-0.3, -0.25) is 4.79 Å². The molecule has 5 N–H and O–H groups in total. The van der Waals surface area contributed by atoms with E-state index in [2.05, 4.69) is 13.5 Å². The van der Waals surface area contributed by atoms with Gasteiger partial charge >= 0.3 is 30.0 Å². The van der Waals surface area contributed by atoms with E-state index in [1.165, 1.54) is 6.92 Å². The molecule has 2 unspecified atom stereocenters. The summed E-state index contributed by atoms with van der Waals surface area (Å²) in [6, 6.07) is 9.28. The van der Waals surface area contributed by atoms with Crippen LogP contribution < -0.4 is 0 Å². The average molecular weight is 723 g/mol. The smallest absolute Gasteiger partial charge is 0.479 e. The highest BCUT2D eigenvalue weighted by atomic mass is 16.8. The van der Waals surface area contributed by atoms with Crippen LogP contribution in [0.15, 0.2) is 42.5 Å². The van der Waals surface area contributed by atoms with Gasteiger partial charge in [-0.1, -0.05) is 95.7 Å². The van der Waals surface area contributed by atoms with Crippen molar-refractivity contribution >= 4 is 30.0 Å². The van der Waals surface area contributed by atoms with Crippen LogP contribution in [-0.2, 0) is 49.3 Å². The number of ether oxygens (including phenoxy) is 5. The topological polar surface area (TPSA) is 233 Å². The number of unbranched alkanes of at least 4 members (excludes halogenated alkanes) is 7. The lowest BCUT2D eigenvalue weighted by Crippen LogP contribution is -2.78. The van der Waals surface area contributed by atoms with Gasteiger partial charge in [-0.2, -0.15) is 0 Å². The molecule has 51 heavy (non-hydrogen) atoms. The third-order valence-corrected chi connectivity index (χ3v) is 9.45. The number of esters is 1. The lowest BCUT2D eigenvalue weighted by atomic mass is 9.74. The first-order chi connectivity index (χ1) is 24.1. The number of aliphatic hydroxyl groups excluding tert-OH is 1. The van der Waals surface area contributed by atoms with Gasteiger partial charge in [0.15, 0.2) is 6.10 Å². The number of aliphatic hydroxyl groups is 2. The first kappa shape index (κ1) is 41.4. The third-order valence-electron chi connectivity index (χ3n) is 9.45. The molecular formula is C36H50O15. The summed E-state index contributed by atoms with van der Waals surface area (Å²) in [7, 11) is 0. The molecule has 0 aliphatic carbocycles. The van der Waals surface area contributed by atoms with E-state index in [-0.39, 0.29) is 24.5 Å². The maximum absolute atomic E-state index is 12.9. The van der Waals surface area contributed by atoms with E-state index in [0.29, 0.717) is 19.3 Å². The summed E-state index contributed by atoms with van der Waals surface area (Å²) >= 11 is 0. The number of rotatable bonds is 21. The fourth-order valence-corrected chi connectivity index (χ4v) is 6.83. The average Bonchev–Trinajstić information content (AvgIpc) is 3.29. The van der Waals surface area contributed by atoms with Crippen molar-refractivity contribution < 1.29 is 73.2 Å². The monoisotopic (exact) mass is 722 g/mol. The molecule has 15 heteroatoms. The summed E-state index contributed by atoms with van der Waals surface area (Å²) in [4.78, 5) is 62.7. The summed E-state index contributed by atoms with van der Waals surface area (Å²) < 4.78 is 26.9. The van der Waals surface area contributed by atoms with Gasteiger partial charge in [0.05, 0.1) is 6.61 Å². The van der Waals surface area contributed by atoms with Gasteiger partial charge in [0, 0.05) is 19.3 Å². The van der Waals surface area contributed by atoms with Crippen LogP contribution in [0.5, 0.6) is 0 Å². The Morgan fingerprint density at radius 1 is 0.941 bits per heavy atom. The van der Waals surface area contributed by atoms with Gasteiger partial charge < -0.3 is 49.2 Å². The van der Waals surface area contributed by atoms with E-state index in [9.17, 15) is 49.5 Å². The fraction of sp³-hybridized carbons (Fsp3) is 0.639. The molecular weight excluding hydrogens is 672 g/mol. The van der Waals surface area contributed by atoms with Gasteiger partial charge in [0.1, 0.15) is 12.2 Å². The highest BCUT2D eigenvalue weighted by molar-refractivity contribution is 5.98. The second-order valence-electron chi connectivity index (χ2n) is 13.3. The Hall–Kier alpha value is -4.05. The van der Waals surface area contributed by atoms with E-state index in [1.807, 2.05) is 30.3 Å². The number of carboxylic acids is 3. The van der Waals surface area contributed by atoms with Crippen LogP contribution in [0.1, 0.15) is 90.5 Å². The van der Waals surface area contributed by atoms with Crippen molar-refractivity contribution in [2.75, 3.05) is 6.61 Å². The largest absolute Gasteiger partial charge is 0.508 e. The Balaban J connectivity index is 1.87. The second kappa shape index (κ2) is 17.9. The van der Waals surface area contributed by atoms with Crippen molar-refractivity contribution in [2.24, 2.45) is 5.92 Å². The van der Waals surface area contributed by atoms with Crippen molar-refractivity contribution in [1.82, 2.24) is 0 Å². The predicted octanol–water partition coefficient (Wildman–Crippen LogP) is 4.01. The fourth-order valence-electron chi connectivity index (χ4n) is 6.83. The Labute approximate surface area is 296 Å². The number of hydrogen-bond donors (Lipinski definition) is 5. The standard InChI is InChI=1S/C36H50O15/c1-5-6-7-8-9-10-11-15-20-47-33(45)49-28-27(38)34(50-29(30(39)40)35(46,31(41)42)36(28,51-34)32(43)44)19-18-22(2)26(48-24(4)37)23(3)21-25-16-13-12-14-17-25/h12-14,16-17,23,26-29,38,46H,2,5-11,15,18-21H2,1,3-4H3,(H,39,40)(H,41,42)(H,43,44)/t23?,26?,27-,28-,29-,34-,35-,36-/m1/s1. The highest BCUT2D eigenvalue weighted by Gasteiger charge is 2.86. The van der Waals surface area contributed by atoms with E-state index < -0.39 is 77.9 Å². The van der Waals surface area contributed by atoms with Crippen LogP contribution in [0, 0.1) is 5.92 Å². The zero-order chi connectivity index (χ0) is 38.0. The molecule has 0 radical (unpaired) electrons. The molecule has 284 valence electrons. The summed E-state index contributed by atoms with van der Waals surface area (Å²) in [6.45, 7) is 8.97. The minimum Gasteiger partial charge on any atom is -0.479 e. The molecule has 0 aromatic heterocycles. The van der Waals surface area contributed by atoms with Crippen molar-refractivity contribution in [3.63, 3.8) is 0 Å². The minimum atomic E-state index is -3.92. The first-order valence-corrected chi connectivity index (χ1v) is 17.3. The number of aliphatic carboxylic acids is 3. The van der Waals surface area contributed by atoms with Gasteiger partial charge in [-0.05, 0) is 30.4 Å². The summed E-state index contributed by atoms with van der Waals surface area (Å²) in [5, 5.41) is 53.4. The molecule has 2 aliphatic heterocycles. The highest BCUT2D eigenvalue weighted by Crippen LogP contribution is 2.56. The number of benzene rings is 1. The Bertz CT molecular complexity index is 1400. The van der Waals surface area contributed by atoms with E-state index in [0.717, 1.165) is 44.1 Å². The Kier molecular flexibility index (Phi) is 14.5. The zero-order valence-corrected chi connectivity index (χ0v) is 29.3. The lowest BCUT2D eigenvalue weighted by molar-refractivity contribution is -0.374. The molecule has 2 bridgehead atoms. The van der Waals surface area contributed by atoms with Crippen molar-refractivity contribution in [1.29, 1.82) is 0 Å². The molecule has 8 atom stereocenters. The Morgan fingerprint density at radius 3 is 2.10 bits per heavy atom. The normalized spacial score (nSPS) is 27.9. The van der Waals surface area contributed by atoms with Gasteiger partial charge in [-0.15, -0.1) is 0 Å². The second-order valence-corrected chi connectivity index (χ2v) is 13.3. The van der Waals surface area contributed by atoms with E-state index in [1.54, 1.807) is 6.92 Å². The van der Waals surface area contributed by atoms with Gasteiger partial charge in [-0.25, -0.2) is 19.2 Å². The number of carbonyl (C=O) groups excluding carboxylic acids is 2. The summed E-state index contributed by atoms with van der Waals surface area (Å²) in [5.74, 6) is -10.4. The molecule has 0 spiro atoms. The van der Waals surface area contributed by atoms with Crippen LogP contribution in [0.25, 0.3) is 0 Å². The van der Waals surface area contributed by atoms with Crippen LogP contribution >= 0.6 is 0 Å². The van der Waals surface area contributed by atoms with Crippen LogP contribution in [0.4, 0.5) is 4.79 Å². The van der Waals surface area contributed by atoms with Gasteiger partial charge in [0.2, 0.25) is 17.5 Å². The SMILES string of the molecule is C=C(CC[C@@]12O[C@H](C(=O)O)[C@@](O)(C(=O)O)[C@@](C(=O)O)(O1)[C@H](OC(=O)OCCCCCCCCCC)[C@H]2O)C(OC(C)=O)C(C)Cc1ccccc1. The third kappa shape index (κ3) is 9.07. The van der Waals surface area contributed by atoms with E-state index in [4.69, 9.17) is 23.7 Å². The summed E-state index contributed by atoms with van der Waals surface area (Å²) in [6.07, 6.45) is -3.05. The zero-order valence-electron chi connectivity index (χ0n) is 29.3. The molecule has 0 saturated carbocycles. The number of carboxylic acid groups (broad SMARTS) is 3. The van der Waals surface area contributed by atoms with E-state index >= 15 is 0 Å². The van der Waals surface area contributed by atoms with Crippen LogP contribution in [-0.4, -0.2) is 104 Å². The van der Waals surface area contributed by atoms with Crippen LogP contribution in [0.2, 0.25) is 0 Å². The molecule has 0 amide bonds. The molecule has 2 aliphatic rings. The number of carbonyl (C=O) groups is 5. The number of hydrogen-bond acceptors (Lipinski definition) is 12. The van der Waals surface area contributed by atoms with Gasteiger partial charge in [0.25, 0.3) is 5.60 Å². The lowest BCUT2D eigenvalue weighted by Gasteiger charge is -2.48. The molecule has 2 heterocycles. The molecule has 2 saturated heterocycles. The quantitative estimate of drug-likeness (QED) is 0.0685. The summed E-state index contributed by atoms with van der Waals surface area (Å²) in [5.41, 5.74) is -6.34. The molecule has 1 aromatic carbocycles. The Morgan fingerprint density at radius 2 is 1.55 bits per heavy atom. The molecule has 3 rings (SSSR count). The molecule has 1 aromatic rings. The predicted molar refractivity (Wildman–Crippen MR) is 177 cm³/mol. The van der Waals surface area contributed by atoms with Crippen molar-refractivity contribution in [3.05, 3.63) is 48.0 Å². The number of fused-ring (bicyclic) bond motifs is 2. The van der Waals surface area contributed by atoms with Crippen molar-refractivity contribution in [2.45, 2.75) is 133 Å². The molecule has 15 nitrogen and oxygen atoms in total. The van der Waals surface area contributed by atoms with Crippen molar-refractivity contribution in [3.8, 4) is 0 Å². The maximum Gasteiger partial charge on any atom is 0.508 e. The first-order valence-electron chi connectivity index (χ1n) is 17.3. The van der Waals surface area contributed by atoms with Crippen LogP contribution in [0.3, 0.4) is 0 Å². The minimum absolute atomic E-state index is 0.154.